The number of aliphatic hydroxyl groups is 1. The van der Waals surface area contributed by atoms with E-state index in [1.165, 1.54) is 0 Å². The minimum absolute atomic E-state index is 0.0470. The Kier molecular flexibility index (Phi) is 7.33. The van der Waals surface area contributed by atoms with Crippen molar-refractivity contribution in [2.45, 2.75) is 32.2 Å². The van der Waals surface area contributed by atoms with E-state index in [2.05, 4.69) is 19.2 Å². The van der Waals surface area contributed by atoms with Crippen LogP contribution in [0.4, 0.5) is 0 Å². The van der Waals surface area contributed by atoms with Crippen LogP contribution < -0.4 is 5.32 Å². The van der Waals surface area contributed by atoms with E-state index in [0.717, 1.165) is 19.4 Å². The summed E-state index contributed by atoms with van der Waals surface area (Å²) in [6.07, 6.45) is 5.74. The van der Waals surface area contributed by atoms with Gasteiger partial charge in [0.1, 0.15) is 0 Å². The number of alkyl halides is 1. The molecule has 1 atom stereocenters. The molecule has 0 heterocycles. The zero-order valence-electron chi connectivity index (χ0n) is 8.52. The molecule has 2 N–H and O–H groups in total. The minimum Gasteiger partial charge on any atom is -0.396 e. The molecular weight excluding hydrogens is 186 g/mol. The van der Waals surface area contributed by atoms with Crippen molar-refractivity contribution in [2.75, 3.05) is 19.0 Å². The van der Waals surface area contributed by atoms with Crippen molar-refractivity contribution in [3.63, 3.8) is 0 Å². The van der Waals surface area contributed by atoms with Gasteiger partial charge in [-0.05, 0) is 19.8 Å². The Morgan fingerprint density at radius 2 is 2.15 bits per heavy atom. The molecule has 0 rings (SSSR count). The van der Waals surface area contributed by atoms with Crippen molar-refractivity contribution in [3.8, 4) is 0 Å². The minimum atomic E-state index is 0.0470. The Bertz CT molecular complexity index is 150. The summed E-state index contributed by atoms with van der Waals surface area (Å²) in [5.74, 6) is 0.560. The van der Waals surface area contributed by atoms with Gasteiger partial charge in [0.15, 0.2) is 0 Å². The van der Waals surface area contributed by atoms with E-state index >= 15 is 0 Å². The number of hydrogen-bond acceptors (Lipinski definition) is 2. The number of halogens is 1. The Morgan fingerprint density at radius 3 is 2.62 bits per heavy atom. The van der Waals surface area contributed by atoms with Gasteiger partial charge in [0.25, 0.3) is 0 Å². The molecule has 1 unspecified atom stereocenters. The van der Waals surface area contributed by atoms with Crippen molar-refractivity contribution in [3.05, 3.63) is 12.2 Å². The van der Waals surface area contributed by atoms with Crippen LogP contribution in [-0.2, 0) is 0 Å². The van der Waals surface area contributed by atoms with E-state index in [-0.39, 0.29) is 12.1 Å². The van der Waals surface area contributed by atoms with Crippen LogP contribution in [-0.4, -0.2) is 29.7 Å². The summed E-state index contributed by atoms with van der Waals surface area (Å²) < 4.78 is 0. The maximum absolute atomic E-state index is 8.86. The molecule has 3 heteroatoms. The second kappa shape index (κ2) is 7.36. The smallest absolute Gasteiger partial charge is 0.0448 e. The molecule has 13 heavy (non-hydrogen) atoms. The Hall–Kier alpha value is -0.0500. The second-order valence-electron chi connectivity index (χ2n) is 3.39. The molecule has 0 saturated carbocycles. The molecule has 0 spiro atoms. The van der Waals surface area contributed by atoms with Gasteiger partial charge >= 0.3 is 0 Å². The Labute approximate surface area is 86.0 Å². The van der Waals surface area contributed by atoms with Crippen molar-refractivity contribution in [1.29, 1.82) is 0 Å². The van der Waals surface area contributed by atoms with Gasteiger partial charge in [-0.1, -0.05) is 19.1 Å². The van der Waals surface area contributed by atoms with Gasteiger partial charge in [-0.3, -0.25) is 0 Å². The summed E-state index contributed by atoms with van der Waals surface area (Å²) in [5, 5.41) is 12.2. The standard InChI is InChI=1S/C10H20ClNO/c1-3-10(2,6-9-13)12-8-5-4-7-11/h4-5,12-13H,3,6-9H2,1-2H3/b5-4+. The molecule has 78 valence electrons. The molecule has 0 amide bonds. The van der Waals surface area contributed by atoms with Crippen LogP contribution in [0.1, 0.15) is 26.7 Å². The third-order valence-electron chi connectivity index (χ3n) is 2.35. The molecule has 0 aliphatic heterocycles. The van der Waals surface area contributed by atoms with Gasteiger partial charge in [0.2, 0.25) is 0 Å². The van der Waals surface area contributed by atoms with Crippen molar-refractivity contribution in [1.82, 2.24) is 5.32 Å². The number of hydrogen-bond donors (Lipinski definition) is 2. The van der Waals surface area contributed by atoms with Gasteiger partial charge in [-0.15, -0.1) is 11.6 Å². The molecule has 0 radical (unpaired) electrons. The monoisotopic (exact) mass is 205 g/mol. The molecule has 0 aromatic rings. The topological polar surface area (TPSA) is 32.3 Å². The van der Waals surface area contributed by atoms with Crippen LogP contribution in [0.25, 0.3) is 0 Å². The molecule has 0 bridgehead atoms. The number of aliphatic hydroxyl groups excluding tert-OH is 1. The quantitative estimate of drug-likeness (QED) is 0.492. The lowest BCUT2D eigenvalue weighted by Crippen LogP contribution is -2.42. The van der Waals surface area contributed by atoms with Crippen molar-refractivity contribution >= 4 is 11.6 Å². The molecule has 2 nitrogen and oxygen atoms in total. The summed E-state index contributed by atoms with van der Waals surface area (Å²) in [4.78, 5) is 0. The van der Waals surface area contributed by atoms with Gasteiger partial charge in [-0.25, -0.2) is 0 Å². The third kappa shape index (κ3) is 6.08. The first-order chi connectivity index (χ1) is 6.18. The van der Waals surface area contributed by atoms with Crippen LogP contribution in [0.2, 0.25) is 0 Å². The van der Waals surface area contributed by atoms with Crippen molar-refractivity contribution < 1.29 is 5.11 Å². The fraction of sp³-hybridized carbons (Fsp3) is 0.800. The van der Waals surface area contributed by atoms with Gasteiger partial charge in [0.05, 0.1) is 0 Å². The van der Waals surface area contributed by atoms with Crippen LogP contribution in [0, 0.1) is 0 Å². The van der Waals surface area contributed by atoms with Crippen molar-refractivity contribution in [2.24, 2.45) is 0 Å². The molecule has 0 aromatic carbocycles. The predicted molar refractivity (Wildman–Crippen MR) is 58.3 cm³/mol. The van der Waals surface area contributed by atoms with E-state index < -0.39 is 0 Å². The fourth-order valence-corrected chi connectivity index (χ4v) is 1.21. The lowest BCUT2D eigenvalue weighted by atomic mass is 9.95. The molecule has 0 aromatic heterocycles. The highest BCUT2D eigenvalue weighted by molar-refractivity contribution is 6.18. The predicted octanol–water partition coefficient (Wildman–Crippen LogP) is 1.92. The summed E-state index contributed by atoms with van der Waals surface area (Å²) in [6, 6.07) is 0. The molecule has 0 aliphatic rings. The normalized spacial score (nSPS) is 16.3. The van der Waals surface area contributed by atoms with Crippen LogP contribution in [0.3, 0.4) is 0 Å². The molecule has 0 aliphatic carbocycles. The molecule has 0 fully saturated rings. The van der Waals surface area contributed by atoms with E-state index in [9.17, 15) is 0 Å². The first-order valence-electron chi connectivity index (χ1n) is 4.75. The first-order valence-corrected chi connectivity index (χ1v) is 5.29. The summed E-state index contributed by atoms with van der Waals surface area (Å²) in [7, 11) is 0. The van der Waals surface area contributed by atoms with E-state index in [1.54, 1.807) is 0 Å². The Morgan fingerprint density at radius 1 is 1.46 bits per heavy atom. The number of allylic oxidation sites excluding steroid dienone is 1. The number of nitrogens with one attached hydrogen (secondary N) is 1. The van der Waals surface area contributed by atoms with E-state index in [0.29, 0.717) is 5.88 Å². The van der Waals surface area contributed by atoms with Gasteiger partial charge in [-0.2, -0.15) is 0 Å². The SMILES string of the molecule is CCC(C)(CCO)NC/C=C/CCl. The lowest BCUT2D eigenvalue weighted by molar-refractivity contribution is 0.219. The van der Waals surface area contributed by atoms with E-state index in [4.69, 9.17) is 16.7 Å². The average Bonchev–Trinajstić information content (AvgIpc) is 2.13. The zero-order chi connectivity index (χ0) is 10.2. The van der Waals surface area contributed by atoms with E-state index in [1.807, 2.05) is 12.2 Å². The maximum Gasteiger partial charge on any atom is 0.0448 e. The maximum atomic E-state index is 8.86. The average molecular weight is 206 g/mol. The summed E-state index contributed by atoms with van der Waals surface area (Å²) >= 11 is 5.49. The van der Waals surface area contributed by atoms with Gasteiger partial charge in [0, 0.05) is 24.6 Å². The van der Waals surface area contributed by atoms with Crippen LogP contribution in [0.15, 0.2) is 12.2 Å². The largest absolute Gasteiger partial charge is 0.396 e. The summed E-state index contributed by atoms with van der Waals surface area (Å²) in [6.45, 7) is 5.29. The fourth-order valence-electron chi connectivity index (χ4n) is 1.09. The lowest BCUT2D eigenvalue weighted by Gasteiger charge is -2.28. The first kappa shape index (κ1) is 12.9. The number of rotatable bonds is 7. The highest BCUT2D eigenvalue weighted by Gasteiger charge is 2.18. The zero-order valence-corrected chi connectivity index (χ0v) is 9.27. The van der Waals surface area contributed by atoms with Gasteiger partial charge < -0.3 is 10.4 Å². The van der Waals surface area contributed by atoms with Crippen LogP contribution >= 0.6 is 11.6 Å². The summed E-state index contributed by atoms with van der Waals surface area (Å²) in [5.41, 5.74) is 0.0470. The third-order valence-corrected chi connectivity index (χ3v) is 2.52. The van der Waals surface area contributed by atoms with Crippen LogP contribution in [0.5, 0.6) is 0 Å². The second-order valence-corrected chi connectivity index (χ2v) is 3.70. The highest BCUT2D eigenvalue weighted by Crippen LogP contribution is 2.12. The Balaban J connectivity index is 3.76. The highest BCUT2D eigenvalue weighted by atomic mass is 35.5. The molecular formula is C10H20ClNO. The molecule has 0 saturated heterocycles.